The lowest BCUT2D eigenvalue weighted by Gasteiger charge is -2.26. The first-order valence-corrected chi connectivity index (χ1v) is 11.6. The normalized spacial score (nSPS) is 16.1. The number of likely N-dealkylation sites (N-methyl/N-ethyl adjacent to an activating group) is 1. The molecule has 0 radical (unpaired) electrons. The summed E-state index contributed by atoms with van der Waals surface area (Å²) in [4.78, 5) is 43.5. The van der Waals surface area contributed by atoms with E-state index in [2.05, 4.69) is 0 Å². The summed E-state index contributed by atoms with van der Waals surface area (Å²) in [6.45, 7) is 5.41. The van der Waals surface area contributed by atoms with Gasteiger partial charge in [-0.25, -0.2) is 0 Å². The van der Waals surface area contributed by atoms with E-state index in [1.807, 2.05) is 38.1 Å². The molecule has 190 valence electrons. The molecule has 1 aromatic carbocycles. The molecule has 0 N–H and O–H groups in total. The molecular weight excluding hydrogens is 454 g/mol. The zero-order valence-electron chi connectivity index (χ0n) is 20.7. The third kappa shape index (κ3) is 6.75. The van der Waals surface area contributed by atoms with Gasteiger partial charge in [-0.15, -0.1) is 0 Å². The minimum atomic E-state index is -0.556. The standard InChI is InChI=1S/C25H33N3O7/c1-5-26(6-2)23(30)17-34-20-14-27(13-18-7-9-19(32-3)10-8-18)22(29)16-28(15-20)25(31)21-11-12-24(33-4)35-21/h7-12,20H,5-6,13-17H2,1-4H3/t20-/m1/s1. The fourth-order valence-electron chi connectivity index (χ4n) is 3.90. The van der Waals surface area contributed by atoms with Gasteiger partial charge >= 0.3 is 0 Å². The Balaban J connectivity index is 1.78. The predicted molar refractivity (Wildman–Crippen MR) is 127 cm³/mol. The largest absolute Gasteiger partial charge is 0.497 e. The molecule has 1 saturated heterocycles. The second-order valence-corrected chi connectivity index (χ2v) is 8.13. The van der Waals surface area contributed by atoms with Crippen molar-refractivity contribution in [2.75, 3.05) is 53.6 Å². The van der Waals surface area contributed by atoms with Crippen molar-refractivity contribution in [1.82, 2.24) is 14.7 Å². The van der Waals surface area contributed by atoms with Gasteiger partial charge in [0.15, 0.2) is 5.76 Å². The van der Waals surface area contributed by atoms with Crippen LogP contribution in [0.2, 0.25) is 0 Å². The lowest BCUT2D eigenvalue weighted by atomic mass is 10.2. The van der Waals surface area contributed by atoms with Gasteiger partial charge in [0.1, 0.15) is 18.9 Å². The van der Waals surface area contributed by atoms with Crippen molar-refractivity contribution in [3.05, 3.63) is 47.7 Å². The minimum absolute atomic E-state index is 0.0659. The highest BCUT2D eigenvalue weighted by molar-refractivity contribution is 5.94. The van der Waals surface area contributed by atoms with E-state index in [1.165, 1.54) is 18.1 Å². The summed E-state index contributed by atoms with van der Waals surface area (Å²) in [5, 5.41) is 0. The number of hydrogen-bond donors (Lipinski definition) is 0. The van der Waals surface area contributed by atoms with Crippen LogP contribution in [0.15, 0.2) is 40.8 Å². The van der Waals surface area contributed by atoms with Crippen LogP contribution in [-0.2, 0) is 20.9 Å². The van der Waals surface area contributed by atoms with E-state index in [9.17, 15) is 14.4 Å². The average molecular weight is 488 g/mol. The molecule has 2 aromatic rings. The number of methoxy groups -OCH3 is 2. The molecule has 1 aliphatic rings. The van der Waals surface area contributed by atoms with Crippen molar-refractivity contribution in [3.8, 4) is 11.7 Å². The third-order valence-electron chi connectivity index (χ3n) is 5.90. The van der Waals surface area contributed by atoms with Crippen LogP contribution < -0.4 is 9.47 Å². The smallest absolute Gasteiger partial charge is 0.290 e. The van der Waals surface area contributed by atoms with Crippen LogP contribution in [0.1, 0.15) is 30.0 Å². The molecule has 1 aliphatic heterocycles. The molecule has 0 unspecified atom stereocenters. The van der Waals surface area contributed by atoms with Gasteiger partial charge < -0.3 is 33.3 Å². The molecule has 1 atom stereocenters. The van der Waals surface area contributed by atoms with E-state index < -0.39 is 12.0 Å². The summed E-state index contributed by atoms with van der Waals surface area (Å²) in [7, 11) is 3.03. The van der Waals surface area contributed by atoms with Crippen molar-refractivity contribution >= 4 is 17.7 Å². The molecule has 0 bridgehead atoms. The van der Waals surface area contributed by atoms with E-state index in [1.54, 1.807) is 23.0 Å². The first kappa shape index (κ1) is 26.1. The Labute approximate surface area is 205 Å². The van der Waals surface area contributed by atoms with Crippen LogP contribution in [-0.4, -0.2) is 92.1 Å². The number of hydrogen-bond acceptors (Lipinski definition) is 7. The van der Waals surface area contributed by atoms with Crippen LogP contribution in [0, 0.1) is 0 Å². The molecule has 3 rings (SSSR count). The van der Waals surface area contributed by atoms with Crippen molar-refractivity contribution in [2.45, 2.75) is 26.5 Å². The molecule has 35 heavy (non-hydrogen) atoms. The molecule has 0 saturated carbocycles. The number of nitrogens with zero attached hydrogens (tertiary/aromatic N) is 3. The summed E-state index contributed by atoms with van der Waals surface area (Å²) >= 11 is 0. The topological polar surface area (TPSA) is 102 Å². The molecule has 1 fully saturated rings. The Morgan fingerprint density at radius 2 is 1.74 bits per heavy atom. The highest BCUT2D eigenvalue weighted by atomic mass is 16.6. The van der Waals surface area contributed by atoms with Crippen molar-refractivity contribution in [3.63, 3.8) is 0 Å². The van der Waals surface area contributed by atoms with Gasteiger partial charge in [-0.1, -0.05) is 12.1 Å². The summed E-state index contributed by atoms with van der Waals surface area (Å²) in [5.74, 6) is 0.175. The van der Waals surface area contributed by atoms with Crippen molar-refractivity contribution in [2.24, 2.45) is 0 Å². The quantitative estimate of drug-likeness (QED) is 0.505. The van der Waals surface area contributed by atoms with Gasteiger partial charge in [0, 0.05) is 38.8 Å². The Kier molecular flexibility index (Phi) is 9.13. The Bertz CT molecular complexity index is 1000. The fraction of sp³-hybridized carbons (Fsp3) is 0.480. The minimum Gasteiger partial charge on any atom is -0.497 e. The van der Waals surface area contributed by atoms with Gasteiger partial charge in [0.2, 0.25) is 11.8 Å². The number of carbonyl (C=O) groups excluding carboxylic acids is 3. The number of carbonyl (C=O) groups is 3. The maximum Gasteiger partial charge on any atom is 0.290 e. The Hall–Kier alpha value is -3.53. The molecule has 10 nitrogen and oxygen atoms in total. The van der Waals surface area contributed by atoms with Gasteiger partial charge in [-0.05, 0) is 37.6 Å². The van der Waals surface area contributed by atoms with Gasteiger partial charge in [-0.3, -0.25) is 14.4 Å². The highest BCUT2D eigenvalue weighted by Crippen LogP contribution is 2.20. The lowest BCUT2D eigenvalue weighted by Crippen LogP contribution is -2.41. The second-order valence-electron chi connectivity index (χ2n) is 8.13. The van der Waals surface area contributed by atoms with Crippen LogP contribution in [0.3, 0.4) is 0 Å². The maximum absolute atomic E-state index is 13.2. The number of rotatable bonds is 10. The van der Waals surface area contributed by atoms with Crippen molar-refractivity contribution in [1.29, 1.82) is 0 Å². The van der Waals surface area contributed by atoms with Crippen LogP contribution in [0.25, 0.3) is 0 Å². The Morgan fingerprint density at radius 1 is 1.03 bits per heavy atom. The molecule has 1 aromatic heterocycles. The Morgan fingerprint density at radius 3 is 2.34 bits per heavy atom. The van der Waals surface area contributed by atoms with E-state index in [-0.39, 0.29) is 49.8 Å². The monoisotopic (exact) mass is 487 g/mol. The highest BCUT2D eigenvalue weighted by Gasteiger charge is 2.33. The molecule has 3 amide bonds. The first-order valence-electron chi connectivity index (χ1n) is 11.6. The van der Waals surface area contributed by atoms with Gasteiger partial charge in [-0.2, -0.15) is 0 Å². The fourth-order valence-corrected chi connectivity index (χ4v) is 3.90. The van der Waals surface area contributed by atoms with Crippen molar-refractivity contribution < 1.29 is 33.0 Å². The summed E-state index contributed by atoms with van der Waals surface area (Å²) in [6, 6.07) is 10.5. The maximum atomic E-state index is 13.2. The average Bonchev–Trinajstić information content (AvgIpc) is 3.30. The van der Waals surface area contributed by atoms with Crippen LogP contribution in [0.5, 0.6) is 11.7 Å². The third-order valence-corrected chi connectivity index (χ3v) is 5.90. The number of furan rings is 1. The van der Waals surface area contributed by atoms with E-state index in [4.69, 9.17) is 18.6 Å². The molecular formula is C25H33N3O7. The zero-order valence-corrected chi connectivity index (χ0v) is 20.7. The molecule has 2 heterocycles. The summed E-state index contributed by atoms with van der Waals surface area (Å²) in [6.07, 6.45) is -0.556. The number of amides is 3. The summed E-state index contributed by atoms with van der Waals surface area (Å²) in [5.41, 5.74) is 0.910. The number of benzene rings is 1. The molecule has 10 heteroatoms. The zero-order chi connectivity index (χ0) is 25.4. The van der Waals surface area contributed by atoms with E-state index in [0.29, 0.717) is 19.6 Å². The second kappa shape index (κ2) is 12.3. The predicted octanol–water partition coefficient (Wildman–Crippen LogP) is 2.03. The van der Waals surface area contributed by atoms with Gasteiger partial charge in [0.25, 0.3) is 11.9 Å². The van der Waals surface area contributed by atoms with Crippen LogP contribution in [0.4, 0.5) is 0 Å². The summed E-state index contributed by atoms with van der Waals surface area (Å²) < 4.78 is 21.6. The van der Waals surface area contributed by atoms with E-state index >= 15 is 0 Å². The van der Waals surface area contributed by atoms with Gasteiger partial charge in [0.05, 0.1) is 20.3 Å². The lowest BCUT2D eigenvalue weighted by molar-refractivity contribution is -0.138. The molecule has 0 aliphatic carbocycles. The number of ether oxygens (including phenoxy) is 3. The van der Waals surface area contributed by atoms with Crippen LogP contribution >= 0.6 is 0 Å². The van der Waals surface area contributed by atoms with E-state index in [0.717, 1.165) is 11.3 Å². The SMILES string of the molecule is CCN(CC)C(=O)CO[C@@H]1CN(Cc2ccc(OC)cc2)C(=O)CN(C(=O)c2ccc(OC)o2)C1. The first-order chi connectivity index (χ1) is 16.9. The molecule has 0 spiro atoms.